The molecule has 126 valence electrons. The zero-order valence-electron chi connectivity index (χ0n) is 13.0. The lowest BCUT2D eigenvalue weighted by Crippen LogP contribution is -2.51. The third-order valence-electron chi connectivity index (χ3n) is 3.50. The monoisotopic (exact) mass is 387 g/mol. The second-order valence-corrected chi connectivity index (χ2v) is 6.03. The fourth-order valence-electron chi connectivity index (χ4n) is 2.48. The number of rotatable bonds is 4. The zero-order valence-corrected chi connectivity index (χ0v) is 14.6. The molecular formula is C15H18BrNO6. The van der Waals surface area contributed by atoms with Gasteiger partial charge in [-0.1, -0.05) is 0 Å². The fourth-order valence-corrected chi connectivity index (χ4v) is 3.08. The number of morpholine rings is 1. The second kappa shape index (κ2) is 7.18. The van der Waals surface area contributed by atoms with Crippen molar-refractivity contribution >= 4 is 27.8 Å². The number of carbonyl (C=O) groups is 2. The summed E-state index contributed by atoms with van der Waals surface area (Å²) in [6, 6.07) is 3.20. The number of hydrogen-bond donors (Lipinski definition) is 1. The fraction of sp³-hybridized carbons (Fsp3) is 0.467. The molecule has 1 saturated heterocycles. The molecule has 0 spiro atoms. The molecule has 0 aromatic heterocycles. The zero-order chi connectivity index (χ0) is 17.1. The molecule has 1 aliphatic rings. The van der Waals surface area contributed by atoms with Crippen LogP contribution in [0.3, 0.4) is 0 Å². The first-order chi connectivity index (χ1) is 10.9. The van der Waals surface area contributed by atoms with E-state index < -0.39 is 12.1 Å². The smallest absolute Gasteiger partial charge is 0.334 e. The summed E-state index contributed by atoms with van der Waals surface area (Å²) in [6.07, 6.45) is -1.37. The van der Waals surface area contributed by atoms with E-state index in [9.17, 15) is 9.59 Å². The molecule has 0 radical (unpaired) electrons. The number of halogens is 1. The maximum atomic E-state index is 12.7. The largest absolute Gasteiger partial charge is 0.493 e. The summed E-state index contributed by atoms with van der Waals surface area (Å²) in [5.41, 5.74) is 0.382. The first-order valence-electron chi connectivity index (χ1n) is 6.96. The van der Waals surface area contributed by atoms with Crippen LogP contribution in [0.15, 0.2) is 16.6 Å². The van der Waals surface area contributed by atoms with Crippen molar-refractivity contribution < 1.29 is 28.9 Å². The van der Waals surface area contributed by atoms with E-state index in [1.54, 1.807) is 19.1 Å². The predicted molar refractivity (Wildman–Crippen MR) is 85.1 cm³/mol. The van der Waals surface area contributed by atoms with Crippen LogP contribution in [0.25, 0.3) is 0 Å². The normalized spacial score (nSPS) is 21.0. The van der Waals surface area contributed by atoms with Gasteiger partial charge < -0.3 is 24.2 Å². The Labute approximate surface area is 142 Å². The van der Waals surface area contributed by atoms with Crippen LogP contribution in [0.1, 0.15) is 17.3 Å². The van der Waals surface area contributed by atoms with Gasteiger partial charge in [-0.15, -0.1) is 0 Å². The maximum Gasteiger partial charge on any atom is 0.334 e. The van der Waals surface area contributed by atoms with E-state index in [4.69, 9.17) is 19.3 Å². The lowest BCUT2D eigenvalue weighted by molar-refractivity contribution is -0.160. The van der Waals surface area contributed by atoms with E-state index in [2.05, 4.69) is 15.9 Å². The van der Waals surface area contributed by atoms with Gasteiger partial charge in [0.05, 0.1) is 31.3 Å². The Balaban J connectivity index is 2.29. The molecule has 8 heteroatoms. The number of benzene rings is 1. The minimum Gasteiger partial charge on any atom is -0.493 e. The highest BCUT2D eigenvalue weighted by atomic mass is 79.9. The lowest BCUT2D eigenvalue weighted by Gasteiger charge is -2.35. The summed E-state index contributed by atoms with van der Waals surface area (Å²) in [6.45, 7) is 2.07. The number of carboxylic acid groups (broad SMARTS) is 1. The lowest BCUT2D eigenvalue weighted by atomic mass is 10.1. The van der Waals surface area contributed by atoms with Crippen molar-refractivity contribution in [1.82, 2.24) is 4.90 Å². The molecule has 1 aromatic carbocycles. The van der Waals surface area contributed by atoms with Gasteiger partial charge in [0.15, 0.2) is 17.6 Å². The molecule has 0 aliphatic carbocycles. The molecule has 2 atom stereocenters. The number of nitrogens with zero attached hydrogens (tertiary/aromatic N) is 1. The topological polar surface area (TPSA) is 85.3 Å². The van der Waals surface area contributed by atoms with Crippen molar-refractivity contribution in [3.8, 4) is 11.5 Å². The summed E-state index contributed by atoms with van der Waals surface area (Å²) < 4.78 is 16.4. The summed E-state index contributed by atoms with van der Waals surface area (Å²) in [5.74, 6) is -0.458. The van der Waals surface area contributed by atoms with Gasteiger partial charge in [0.1, 0.15) is 0 Å². The summed E-state index contributed by atoms with van der Waals surface area (Å²) in [4.78, 5) is 25.3. The molecule has 1 N–H and O–H groups in total. The quantitative estimate of drug-likeness (QED) is 0.847. The highest BCUT2D eigenvalue weighted by molar-refractivity contribution is 9.10. The molecule has 1 amide bonds. The van der Waals surface area contributed by atoms with E-state index in [1.165, 1.54) is 19.1 Å². The number of amides is 1. The van der Waals surface area contributed by atoms with Gasteiger partial charge in [0, 0.05) is 12.1 Å². The van der Waals surface area contributed by atoms with Crippen molar-refractivity contribution in [2.24, 2.45) is 0 Å². The molecule has 1 aromatic rings. The molecule has 1 fully saturated rings. The molecule has 0 bridgehead atoms. The van der Waals surface area contributed by atoms with Crippen molar-refractivity contribution in [2.45, 2.75) is 19.1 Å². The van der Waals surface area contributed by atoms with Crippen molar-refractivity contribution in [2.75, 3.05) is 27.3 Å². The summed E-state index contributed by atoms with van der Waals surface area (Å²) in [5, 5.41) is 9.11. The van der Waals surface area contributed by atoms with E-state index in [0.717, 1.165) is 0 Å². The molecule has 23 heavy (non-hydrogen) atoms. The standard InChI is InChI=1S/C15H18BrNO6/c1-8-6-17(7-12(23-8)15(19)20)14(18)9-4-10(16)13(22-3)11(5-9)21-2/h4-5,8,12H,6-7H2,1-3H3,(H,19,20)/t8-,12?/m1/s1. The van der Waals surface area contributed by atoms with Gasteiger partial charge >= 0.3 is 5.97 Å². The van der Waals surface area contributed by atoms with Gasteiger partial charge in [-0.3, -0.25) is 4.79 Å². The average Bonchev–Trinajstić information content (AvgIpc) is 2.52. The summed E-state index contributed by atoms with van der Waals surface area (Å²) in [7, 11) is 2.99. The highest BCUT2D eigenvalue weighted by Crippen LogP contribution is 2.36. The third kappa shape index (κ3) is 3.76. The van der Waals surface area contributed by atoms with Crippen LogP contribution in [0.4, 0.5) is 0 Å². The van der Waals surface area contributed by atoms with Crippen LogP contribution in [0.5, 0.6) is 11.5 Å². The van der Waals surface area contributed by atoms with Gasteiger partial charge in [0.2, 0.25) is 0 Å². The average molecular weight is 388 g/mol. The highest BCUT2D eigenvalue weighted by Gasteiger charge is 2.33. The number of hydrogen-bond acceptors (Lipinski definition) is 5. The molecule has 1 unspecified atom stereocenters. The molecular weight excluding hydrogens is 370 g/mol. The molecule has 7 nitrogen and oxygen atoms in total. The first kappa shape index (κ1) is 17.6. The Hall–Kier alpha value is -1.80. The third-order valence-corrected chi connectivity index (χ3v) is 4.09. The number of carbonyl (C=O) groups excluding carboxylic acids is 1. The Bertz CT molecular complexity index is 620. The SMILES string of the molecule is COc1cc(C(=O)N2CC(C(=O)O)O[C@H](C)C2)cc(Br)c1OC. The Kier molecular flexibility index (Phi) is 5.48. The molecule has 2 rings (SSSR count). The van der Waals surface area contributed by atoms with Crippen LogP contribution < -0.4 is 9.47 Å². The number of methoxy groups -OCH3 is 2. The van der Waals surface area contributed by atoms with Crippen molar-refractivity contribution in [1.29, 1.82) is 0 Å². The van der Waals surface area contributed by atoms with Gasteiger partial charge in [-0.25, -0.2) is 4.79 Å². The molecule has 0 saturated carbocycles. The number of ether oxygens (including phenoxy) is 3. The van der Waals surface area contributed by atoms with Crippen LogP contribution in [0.2, 0.25) is 0 Å². The van der Waals surface area contributed by atoms with Gasteiger partial charge in [0.25, 0.3) is 5.91 Å². The van der Waals surface area contributed by atoms with Crippen molar-refractivity contribution in [3.05, 3.63) is 22.2 Å². The van der Waals surface area contributed by atoms with Crippen LogP contribution >= 0.6 is 15.9 Å². The Morgan fingerprint density at radius 2 is 2.00 bits per heavy atom. The first-order valence-corrected chi connectivity index (χ1v) is 7.75. The van der Waals surface area contributed by atoms with Crippen LogP contribution in [-0.2, 0) is 9.53 Å². The Morgan fingerprint density at radius 3 is 2.57 bits per heavy atom. The number of aliphatic carboxylic acids is 1. The van der Waals surface area contributed by atoms with Crippen LogP contribution in [-0.4, -0.2) is 61.4 Å². The van der Waals surface area contributed by atoms with Crippen LogP contribution in [0, 0.1) is 0 Å². The van der Waals surface area contributed by atoms with Gasteiger partial charge in [-0.2, -0.15) is 0 Å². The second-order valence-electron chi connectivity index (χ2n) is 5.18. The van der Waals surface area contributed by atoms with Gasteiger partial charge in [-0.05, 0) is 35.0 Å². The molecule has 1 aliphatic heterocycles. The van der Waals surface area contributed by atoms with Crippen molar-refractivity contribution in [3.63, 3.8) is 0 Å². The number of carboxylic acids is 1. The van der Waals surface area contributed by atoms with E-state index in [-0.39, 0.29) is 18.6 Å². The minimum atomic E-state index is -1.08. The Morgan fingerprint density at radius 1 is 1.30 bits per heavy atom. The summed E-state index contributed by atoms with van der Waals surface area (Å²) >= 11 is 3.34. The maximum absolute atomic E-state index is 12.7. The van der Waals surface area contributed by atoms with E-state index in [1.807, 2.05) is 0 Å². The minimum absolute atomic E-state index is 0.00443. The van der Waals surface area contributed by atoms with E-state index in [0.29, 0.717) is 28.1 Å². The predicted octanol–water partition coefficient (Wildman–Crippen LogP) is 1.78. The molecule has 1 heterocycles. The van der Waals surface area contributed by atoms with E-state index >= 15 is 0 Å².